The topological polar surface area (TPSA) is 75.6 Å². The van der Waals surface area contributed by atoms with Crippen LogP contribution in [-0.2, 0) is 17.6 Å². The van der Waals surface area contributed by atoms with Gasteiger partial charge in [-0.1, -0.05) is 41.6 Å². The smallest absolute Gasteiger partial charge is 0.238 e. The van der Waals surface area contributed by atoms with E-state index in [-0.39, 0.29) is 5.91 Å². The van der Waals surface area contributed by atoms with Gasteiger partial charge in [-0.2, -0.15) is 4.98 Å². The average molecular weight is 445 g/mol. The van der Waals surface area contributed by atoms with Gasteiger partial charge in [0.1, 0.15) is 5.58 Å². The number of benzene rings is 2. The lowest BCUT2D eigenvalue weighted by atomic mass is 9.91. The maximum atomic E-state index is 13.1. The maximum absolute atomic E-state index is 13.1. The molecule has 33 heavy (non-hydrogen) atoms. The van der Waals surface area contributed by atoms with Crippen molar-refractivity contribution < 1.29 is 13.7 Å². The zero-order chi connectivity index (χ0) is 22.8. The number of fused-ring (bicyclic) bond motifs is 2. The van der Waals surface area contributed by atoms with Crippen molar-refractivity contribution in [2.24, 2.45) is 5.92 Å². The number of furan rings is 1. The van der Waals surface area contributed by atoms with Gasteiger partial charge in [-0.25, -0.2) is 0 Å². The van der Waals surface area contributed by atoms with Crippen LogP contribution in [0, 0.1) is 5.92 Å². The molecule has 0 N–H and O–H groups in total. The molecule has 0 spiro atoms. The summed E-state index contributed by atoms with van der Waals surface area (Å²) in [6.07, 6.45) is 2.64. The fraction of sp³-hybridized carbons (Fsp3) is 0.346. The fourth-order valence-electron chi connectivity index (χ4n) is 4.63. The molecule has 7 heteroatoms. The highest BCUT2D eigenvalue weighted by molar-refractivity contribution is 5.94. The Bertz CT molecular complexity index is 1230. The molecule has 0 radical (unpaired) electrons. The van der Waals surface area contributed by atoms with E-state index in [1.807, 2.05) is 41.3 Å². The number of aryl methyl sites for hydroxylation is 1. The molecule has 1 aliphatic heterocycles. The third-order valence-corrected chi connectivity index (χ3v) is 6.05. The molecule has 0 fully saturated rings. The second-order valence-electron chi connectivity index (χ2n) is 8.98. The second-order valence-corrected chi connectivity index (χ2v) is 8.98. The number of para-hydroxylation sites is 2. The molecule has 1 amide bonds. The number of nitrogens with zero attached hydrogens (tertiary/aromatic N) is 4. The minimum atomic E-state index is 0.142. The quantitative estimate of drug-likeness (QED) is 0.416. The van der Waals surface area contributed by atoms with Crippen LogP contribution in [0.15, 0.2) is 63.5 Å². The highest BCUT2D eigenvalue weighted by Gasteiger charge is 2.28. The van der Waals surface area contributed by atoms with Gasteiger partial charge in [0, 0.05) is 37.0 Å². The number of hydrogen-bond acceptors (Lipinski definition) is 6. The molecule has 1 aliphatic rings. The minimum Gasteiger partial charge on any atom is -0.453 e. The Morgan fingerprint density at radius 1 is 1.15 bits per heavy atom. The molecule has 0 saturated carbocycles. The molecule has 5 rings (SSSR count). The average Bonchev–Trinajstić information content (AvgIpc) is 3.45. The lowest BCUT2D eigenvalue weighted by Gasteiger charge is -2.36. The van der Waals surface area contributed by atoms with Gasteiger partial charge in [0.15, 0.2) is 5.76 Å². The maximum Gasteiger partial charge on any atom is 0.238 e. The lowest BCUT2D eigenvalue weighted by Crippen LogP contribution is -2.43. The van der Waals surface area contributed by atoms with E-state index < -0.39 is 0 Å². The van der Waals surface area contributed by atoms with E-state index in [1.165, 1.54) is 5.56 Å². The Kier molecular flexibility index (Phi) is 5.96. The van der Waals surface area contributed by atoms with Gasteiger partial charge in [-0.15, -0.1) is 0 Å². The number of anilines is 1. The molecule has 4 aromatic rings. The van der Waals surface area contributed by atoms with Gasteiger partial charge in [-0.05, 0) is 56.6 Å². The summed E-state index contributed by atoms with van der Waals surface area (Å²) in [6.45, 7) is 1.72. The molecular formula is C26H28N4O3. The van der Waals surface area contributed by atoms with E-state index in [1.54, 1.807) is 0 Å². The third kappa shape index (κ3) is 4.68. The fourth-order valence-corrected chi connectivity index (χ4v) is 4.63. The van der Waals surface area contributed by atoms with E-state index in [9.17, 15) is 4.79 Å². The van der Waals surface area contributed by atoms with E-state index in [2.05, 4.69) is 47.3 Å². The van der Waals surface area contributed by atoms with E-state index >= 15 is 0 Å². The van der Waals surface area contributed by atoms with Crippen LogP contribution in [0.25, 0.3) is 22.6 Å². The van der Waals surface area contributed by atoms with Crippen LogP contribution < -0.4 is 4.90 Å². The molecule has 2 aromatic heterocycles. The van der Waals surface area contributed by atoms with Crippen molar-refractivity contribution >= 4 is 22.6 Å². The van der Waals surface area contributed by atoms with Crippen molar-refractivity contribution in [1.82, 2.24) is 15.0 Å². The Hall–Kier alpha value is -3.45. The molecule has 1 unspecified atom stereocenters. The molecule has 7 nitrogen and oxygen atoms in total. The molecule has 170 valence electrons. The number of hydrogen-bond donors (Lipinski definition) is 0. The van der Waals surface area contributed by atoms with Gasteiger partial charge in [-0.3, -0.25) is 4.79 Å². The zero-order valence-corrected chi connectivity index (χ0v) is 19.0. The van der Waals surface area contributed by atoms with Crippen LogP contribution >= 0.6 is 0 Å². The Labute approximate surface area is 193 Å². The molecule has 3 heterocycles. The molecular weight excluding hydrogens is 416 g/mol. The predicted octanol–water partition coefficient (Wildman–Crippen LogP) is 4.57. The van der Waals surface area contributed by atoms with Crippen molar-refractivity contribution in [3.05, 3.63) is 66.1 Å². The monoisotopic (exact) mass is 444 g/mol. The summed E-state index contributed by atoms with van der Waals surface area (Å²) < 4.78 is 11.2. The first-order valence-electron chi connectivity index (χ1n) is 11.4. The van der Waals surface area contributed by atoms with Crippen molar-refractivity contribution in [1.29, 1.82) is 0 Å². The highest BCUT2D eigenvalue weighted by atomic mass is 16.5. The summed E-state index contributed by atoms with van der Waals surface area (Å²) >= 11 is 0. The third-order valence-electron chi connectivity index (χ3n) is 6.05. The largest absolute Gasteiger partial charge is 0.453 e. The van der Waals surface area contributed by atoms with Crippen LogP contribution in [0.3, 0.4) is 0 Å². The molecule has 1 atom stereocenters. The summed E-state index contributed by atoms with van der Waals surface area (Å²) in [5.74, 6) is 2.11. The SMILES string of the molecule is CN(C)CC1Cc2ccccc2N(C(=O)CCCc2nc(-c3cc4ccccc4o3)no2)C1. The predicted molar refractivity (Wildman–Crippen MR) is 127 cm³/mol. The number of aromatic nitrogens is 2. The highest BCUT2D eigenvalue weighted by Crippen LogP contribution is 2.31. The molecule has 0 saturated heterocycles. The van der Waals surface area contributed by atoms with E-state index in [0.717, 1.165) is 36.2 Å². The van der Waals surface area contributed by atoms with Gasteiger partial charge in [0.2, 0.25) is 17.6 Å². The standard InChI is InChI=1S/C26H28N4O3/c1-29(2)16-18-14-19-8-3-5-10-21(19)30(17-18)25(31)13-7-12-24-27-26(28-33-24)23-15-20-9-4-6-11-22(20)32-23/h3-6,8-11,15,18H,7,12-14,16-17H2,1-2H3. The molecule has 0 bridgehead atoms. The first-order valence-corrected chi connectivity index (χ1v) is 11.4. The number of carbonyl (C=O) groups is 1. The number of carbonyl (C=O) groups excluding carboxylic acids is 1. The lowest BCUT2D eigenvalue weighted by molar-refractivity contribution is -0.119. The summed E-state index contributed by atoms with van der Waals surface area (Å²) in [6, 6.07) is 17.9. The summed E-state index contributed by atoms with van der Waals surface area (Å²) in [4.78, 5) is 21.8. The van der Waals surface area contributed by atoms with Gasteiger partial charge < -0.3 is 18.7 Å². The summed E-state index contributed by atoms with van der Waals surface area (Å²) in [7, 11) is 4.16. The van der Waals surface area contributed by atoms with Crippen molar-refractivity contribution in [3.8, 4) is 11.6 Å². The van der Waals surface area contributed by atoms with Gasteiger partial charge in [0.25, 0.3) is 0 Å². The minimum absolute atomic E-state index is 0.142. The van der Waals surface area contributed by atoms with E-state index in [4.69, 9.17) is 8.94 Å². The summed E-state index contributed by atoms with van der Waals surface area (Å²) in [5.41, 5.74) is 3.08. The first-order chi connectivity index (χ1) is 16.1. The second kappa shape index (κ2) is 9.19. The normalized spacial score (nSPS) is 15.8. The summed E-state index contributed by atoms with van der Waals surface area (Å²) in [5, 5.41) is 5.06. The van der Waals surface area contributed by atoms with Crippen LogP contribution in [0.1, 0.15) is 24.3 Å². The van der Waals surface area contributed by atoms with Crippen molar-refractivity contribution in [3.63, 3.8) is 0 Å². The van der Waals surface area contributed by atoms with Gasteiger partial charge >= 0.3 is 0 Å². The Balaban J connectivity index is 1.22. The number of amides is 1. The van der Waals surface area contributed by atoms with E-state index in [0.29, 0.717) is 42.7 Å². The van der Waals surface area contributed by atoms with Crippen LogP contribution in [0.4, 0.5) is 5.69 Å². The zero-order valence-electron chi connectivity index (χ0n) is 19.0. The number of rotatable bonds is 7. The van der Waals surface area contributed by atoms with Gasteiger partial charge in [0.05, 0.1) is 0 Å². The molecule has 2 aromatic carbocycles. The first kappa shape index (κ1) is 21.4. The van der Waals surface area contributed by atoms with Crippen molar-refractivity contribution in [2.75, 3.05) is 32.1 Å². The van der Waals surface area contributed by atoms with Crippen LogP contribution in [0.2, 0.25) is 0 Å². The molecule has 0 aliphatic carbocycles. The van der Waals surface area contributed by atoms with Crippen LogP contribution in [0.5, 0.6) is 0 Å². The Morgan fingerprint density at radius 2 is 1.97 bits per heavy atom. The Morgan fingerprint density at radius 3 is 2.82 bits per heavy atom. The van der Waals surface area contributed by atoms with Crippen molar-refractivity contribution in [2.45, 2.75) is 25.7 Å². The van der Waals surface area contributed by atoms with Crippen LogP contribution in [-0.4, -0.2) is 48.1 Å².